The van der Waals surface area contributed by atoms with Crippen LogP contribution in [0.2, 0.25) is 0 Å². The summed E-state index contributed by atoms with van der Waals surface area (Å²) in [5.74, 6) is 0.445. The Hall–Kier alpha value is -1.22. The standard InChI is InChI=1S/C13H16FNO/c14-11-5-1-9(2-6-11)13(15)10-3-7-12(16)8-4-10/h1-2,5-6,10,13H,3-4,7-8,15H2. The van der Waals surface area contributed by atoms with E-state index < -0.39 is 0 Å². The molecule has 16 heavy (non-hydrogen) atoms. The number of carbonyl (C=O) groups is 1. The van der Waals surface area contributed by atoms with Gasteiger partial charge in [0.1, 0.15) is 11.6 Å². The molecule has 0 amide bonds. The van der Waals surface area contributed by atoms with Crippen LogP contribution in [0, 0.1) is 11.7 Å². The molecule has 1 atom stereocenters. The van der Waals surface area contributed by atoms with Gasteiger partial charge in [0.05, 0.1) is 0 Å². The number of rotatable bonds is 2. The number of hydrogen-bond acceptors (Lipinski definition) is 2. The average molecular weight is 221 g/mol. The topological polar surface area (TPSA) is 43.1 Å². The van der Waals surface area contributed by atoms with Crippen molar-refractivity contribution >= 4 is 5.78 Å². The fourth-order valence-corrected chi connectivity index (χ4v) is 2.28. The van der Waals surface area contributed by atoms with Crippen molar-refractivity contribution in [3.63, 3.8) is 0 Å². The minimum atomic E-state index is -0.241. The lowest BCUT2D eigenvalue weighted by atomic mass is 9.81. The maximum atomic E-state index is 12.8. The molecule has 1 aromatic carbocycles. The lowest BCUT2D eigenvalue weighted by Crippen LogP contribution is -2.26. The molecule has 0 aromatic heterocycles. The Morgan fingerprint density at radius 2 is 1.75 bits per heavy atom. The van der Waals surface area contributed by atoms with Crippen LogP contribution in [-0.2, 0) is 4.79 Å². The summed E-state index contributed by atoms with van der Waals surface area (Å²) >= 11 is 0. The van der Waals surface area contributed by atoms with E-state index in [0.29, 0.717) is 24.5 Å². The zero-order valence-electron chi connectivity index (χ0n) is 9.16. The van der Waals surface area contributed by atoms with Gasteiger partial charge in [-0.2, -0.15) is 0 Å². The van der Waals surface area contributed by atoms with E-state index in [1.807, 2.05) is 0 Å². The summed E-state index contributed by atoms with van der Waals surface area (Å²) in [6, 6.07) is 6.26. The van der Waals surface area contributed by atoms with Crippen LogP contribution in [0.5, 0.6) is 0 Å². The molecule has 1 fully saturated rings. The van der Waals surface area contributed by atoms with Crippen LogP contribution in [0.3, 0.4) is 0 Å². The van der Waals surface area contributed by atoms with Crippen LogP contribution in [0.4, 0.5) is 4.39 Å². The van der Waals surface area contributed by atoms with Gasteiger partial charge in [0, 0.05) is 18.9 Å². The number of Topliss-reactive ketones (excluding diaryl/α,β-unsaturated/α-hetero) is 1. The van der Waals surface area contributed by atoms with Crippen molar-refractivity contribution in [2.75, 3.05) is 0 Å². The van der Waals surface area contributed by atoms with Gasteiger partial charge in [0.2, 0.25) is 0 Å². The number of halogens is 1. The van der Waals surface area contributed by atoms with Crippen molar-refractivity contribution in [3.8, 4) is 0 Å². The van der Waals surface area contributed by atoms with Crippen LogP contribution in [0.15, 0.2) is 24.3 Å². The van der Waals surface area contributed by atoms with Crippen molar-refractivity contribution in [3.05, 3.63) is 35.6 Å². The summed E-state index contributed by atoms with van der Waals surface area (Å²) in [6.45, 7) is 0. The Morgan fingerprint density at radius 3 is 2.31 bits per heavy atom. The first kappa shape index (κ1) is 11.3. The van der Waals surface area contributed by atoms with E-state index in [1.165, 1.54) is 12.1 Å². The summed E-state index contributed by atoms with van der Waals surface area (Å²) in [6.07, 6.45) is 2.99. The monoisotopic (exact) mass is 221 g/mol. The zero-order valence-corrected chi connectivity index (χ0v) is 9.16. The Labute approximate surface area is 94.6 Å². The van der Waals surface area contributed by atoms with Gasteiger partial charge in [-0.1, -0.05) is 12.1 Å². The van der Waals surface area contributed by atoms with E-state index in [2.05, 4.69) is 0 Å². The molecule has 1 aliphatic rings. The smallest absolute Gasteiger partial charge is 0.132 e. The molecular weight excluding hydrogens is 205 g/mol. The minimum Gasteiger partial charge on any atom is -0.324 e. The molecule has 2 rings (SSSR count). The third-order valence-electron chi connectivity index (χ3n) is 3.35. The fraction of sp³-hybridized carbons (Fsp3) is 0.462. The first-order valence-electron chi connectivity index (χ1n) is 5.69. The Balaban J connectivity index is 2.04. The molecule has 3 heteroatoms. The average Bonchev–Trinajstić information content (AvgIpc) is 2.30. The van der Waals surface area contributed by atoms with Gasteiger partial charge < -0.3 is 5.73 Å². The second-order valence-corrected chi connectivity index (χ2v) is 4.45. The van der Waals surface area contributed by atoms with Gasteiger partial charge in [-0.15, -0.1) is 0 Å². The molecule has 0 aliphatic heterocycles. The highest BCUT2D eigenvalue weighted by molar-refractivity contribution is 5.79. The van der Waals surface area contributed by atoms with E-state index in [-0.39, 0.29) is 11.9 Å². The molecule has 2 nitrogen and oxygen atoms in total. The largest absolute Gasteiger partial charge is 0.324 e. The minimum absolute atomic E-state index is 0.0753. The van der Waals surface area contributed by atoms with Crippen LogP contribution in [-0.4, -0.2) is 5.78 Å². The summed E-state index contributed by atoms with van der Waals surface area (Å²) in [5.41, 5.74) is 7.09. The molecule has 1 saturated carbocycles. The molecule has 1 aromatic rings. The van der Waals surface area contributed by atoms with Crippen LogP contribution >= 0.6 is 0 Å². The highest BCUT2D eigenvalue weighted by atomic mass is 19.1. The second kappa shape index (κ2) is 4.74. The zero-order chi connectivity index (χ0) is 11.5. The maximum Gasteiger partial charge on any atom is 0.132 e. The van der Waals surface area contributed by atoms with Crippen molar-refractivity contribution in [1.29, 1.82) is 0 Å². The third-order valence-corrected chi connectivity index (χ3v) is 3.35. The molecule has 2 N–H and O–H groups in total. The Kier molecular flexibility index (Phi) is 3.34. The lowest BCUT2D eigenvalue weighted by Gasteiger charge is -2.27. The van der Waals surface area contributed by atoms with E-state index in [0.717, 1.165) is 18.4 Å². The van der Waals surface area contributed by atoms with Crippen LogP contribution < -0.4 is 5.73 Å². The highest BCUT2D eigenvalue weighted by Gasteiger charge is 2.24. The number of carbonyl (C=O) groups excluding carboxylic acids is 1. The number of hydrogen-bond donors (Lipinski definition) is 1. The van der Waals surface area contributed by atoms with E-state index in [1.54, 1.807) is 12.1 Å². The second-order valence-electron chi connectivity index (χ2n) is 4.45. The third kappa shape index (κ3) is 2.47. The number of benzene rings is 1. The molecule has 86 valence electrons. The molecule has 0 saturated heterocycles. The van der Waals surface area contributed by atoms with E-state index in [9.17, 15) is 9.18 Å². The van der Waals surface area contributed by atoms with Gasteiger partial charge in [-0.05, 0) is 36.5 Å². The molecular formula is C13H16FNO. The molecule has 1 unspecified atom stereocenters. The van der Waals surface area contributed by atoms with Gasteiger partial charge in [0.25, 0.3) is 0 Å². The summed E-state index contributed by atoms with van der Waals surface area (Å²) in [5, 5.41) is 0. The lowest BCUT2D eigenvalue weighted by molar-refractivity contribution is -0.121. The summed E-state index contributed by atoms with van der Waals surface area (Å²) in [7, 11) is 0. The maximum absolute atomic E-state index is 12.8. The first-order chi connectivity index (χ1) is 7.66. The van der Waals surface area contributed by atoms with Gasteiger partial charge >= 0.3 is 0 Å². The van der Waals surface area contributed by atoms with Crippen molar-refractivity contribution in [1.82, 2.24) is 0 Å². The van der Waals surface area contributed by atoms with Gasteiger partial charge in [0.15, 0.2) is 0 Å². The number of nitrogens with two attached hydrogens (primary N) is 1. The predicted octanol–water partition coefficient (Wildman–Crippen LogP) is 2.58. The van der Waals surface area contributed by atoms with Crippen LogP contribution in [0.25, 0.3) is 0 Å². The van der Waals surface area contributed by atoms with E-state index >= 15 is 0 Å². The van der Waals surface area contributed by atoms with Gasteiger partial charge in [-0.3, -0.25) is 4.79 Å². The van der Waals surface area contributed by atoms with Crippen molar-refractivity contribution in [2.24, 2.45) is 11.7 Å². The molecule has 0 spiro atoms. The summed E-state index contributed by atoms with van der Waals surface area (Å²) < 4.78 is 12.8. The Bertz CT molecular complexity index is 364. The quantitative estimate of drug-likeness (QED) is 0.834. The predicted molar refractivity (Wildman–Crippen MR) is 60.3 cm³/mol. The highest BCUT2D eigenvalue weighted by Crippen LogP contribution is 2.31. The summed E-state index contributed by atoms with van der Waals surface area (Å²) in [4.78, 5) is 11.1. The number of ketones is 1. The van der Waals surface area contributed by atoms with Crippen molar-refractivity contribution < 1.29 is 9.18 Å². The van der Waals surface area contributed by atoms with E-state index in [4.69, 9.17) is 5.73 Å². The molecule has 0 heterocycles. The van der Waals surface area contributed by atoms with Crippen LogP contribution in [0.1, 0.15) is 37.3 Å². The molecule has 0 bridgehead atoms. The molecule has 1 aliphatic carbocycles. The first-order valence-corrected chi connectivity index (χ1v) is 5.69. The SMILES string of the molecule is NC(c1ccc(F)cc1)C1CCC(=O)CC1. The fourth-order valence-electron chi connectivity index (χ4n) is 2.28. The molecule has 0 radical (unpaired) electrons. The Morgan fingerprint density at radius 1 is 1.19 bits per heavy atom. The van der Waals surface area contributed by atoms with Crippen molar-refractivity contribution in [2.45, 2.75) is 31.7 Å². The normalized spacial score (nSPS) is 19.8. The van der Waals surface area contributed by atoms with Gasteiger partial charge in [-0.25, -0.2) is 4.39 Å².